The molecule has 0 unspecified atom stereocenters. The van der Waals surface area contributed by atoms with Crippen molar-refractivity contribution in [3.63, 3.8) is 0 Å². The largest absolute Gasteiger partial charge is 0.409 e. The molecule has 1 fully saturated rings. The average Bonchev–Trinajstić information content (AvgIpc) is 3.27. The maximum absolute atomic E-state index is 12.2. The summed E-state index contributed by atoms with van der Waals surface area (Å²) < 4.78 is 15.0. The molecule has 2 aromatic heterocycles. The summed E-state index contributed by atoms with van der Waals surface area (Å²) in [5.41, 5.74) is 7.32. The van der Waals surface area contributed by atoms with Gasteiger partial charge < -0.3 is 19.5 Å². The van der Waals surface area contributed by atoms with Gasteiger partial charge in [0.05, 0.1) is 24.6 Å². The molecule has 0 bridgehead atoms. The molecular formula is C23H40N6O3Si. The second kappa shape index (κ2) is 9.30. The number of hydrogen-bond donors (Lipinski definition) is 2. The summed E-state index contributed by atoms with van der Waals surface area (Å²) in [6.45, 7) is 17.1. The molecule has 2 aromatic rings. The number of nitrogen functional groups attached to an aromatic ring is 1. The molecule has 1 aliphatic rings. The molecule has 0 radical (unpaired) electrons. The van der Waals surface area contributed by atoms with Gasteiger partial charge in [0.2, 0.25) is 11.9 Å². The highest BCUT2D eigenvalue weighted by atomic mass is 28.4. The Morgan fingerprint density at radius 1 is 1.30 bits per heavy atom. The molecule has 0 saturated heterocycles. The number of carbonyl (C=O) groups excluding carboxylic acids is 1. The number of methoxy groups -OCH3 is 1. The first-order valence-electron chi connectivity index (χ1n) is 11.8. The van der Waals surface area contributed by atoms with Crippen LogP contribution in [0.25, 0.3) is 11.2 Å². The third-order valence-electron chi connectivity index (χ3n) is 7.31. The zero-order chi connectivity index (χ0) is 24.7. The molecule has 1 amide bonds. The first-order valence-corrected chi connectivity index (χ1v) is 14.7. The minimum absolute atomic E-state index is 0.0121. The highest BCUT2D eigenvalue weighted by Gasteiger charge is 2.50. The molecule has 0 aromatic carbocycles. The van der Waals surface area contributed by atoms with Crippen molar-refractivity contribution in [3.05, 3.63) is 6.33 Å². The van der Waals surface area contributed by atoms with E-state index in [2.05, 4.69) is 61.1 Å². The Morgan fingerprint density at radius 3 is 2.52 bits per heavy atom. The van der Waals surface area contributed by atoms with Crippen LogP contribution in [-0.4, -0.2) is 53.1 Å². The number of hydrogen-bond acceptors (Lipinski definition) is 7. The summed E-state index contributed by atoms with van der Waals surface area (Å²) in [4.78, 5) is 25.6. The number of rotatable bonds is 7. The second-order valence-corrected chi connectivity index (χ2v) is 15.7. The van der Waals surface area contributed by atoms with Gasteiger partial charge in [0.1, 0.15) is 5.52 Å². The molecule has 184 valence electrons. The lowest BCUT2D eigenvalue weighted by molar-refractivity contribution is -0.118. The summed E-state index contributed by atoms with van der Waals surface area (Å²) in [5, 5.41) is 2.83. The number of amides is 1. The highest BCUT2D eigenvalue weighted by molar-refractivity contribution is 6.74. The van der Waals surface area contributed by atoms with Crippen LogP contribution in [0.15, 0.2) is 6.33 Å². The Kier molecular flexibility index (Phi) is 7.21. The van der Waals surface area contributed by atoms with E-state index in [1.54, 1.807) is 13.4 Å². The van der Waals surface area contributed by atoms with Gasteiger partial charge in [-0.1, -0.05) is 48.0 Å². The molecule has 1 aliphatic carbocycles. The van der Waals surface area contributed by atoms with E-state index in [1.165, 1.54) is 0 Å². The van der Waals surface area contributed by atoms with Crippen molar-refractivity contribution >= 4 is 37.2 Å². The van der Waals surface area contributed by atoms with Gasteiger partial charge in [0, 0.05) is 13.0 Å². The van der Waals surface area contributed by atoms with Gasteiger partial charge >= 0.3 is 0 Å². The molecule has 33 heavy (non-hydrogen) atoms. The van der Waals surface area contributed by atoms with E-state index in [1.807, 2.05) is 18.4 Å². The number of carbonyl (C=O) groups is 1. The monoisotopic (exact) mass is 476 g/mol. The van der Waals surface area contributed by atoms with E-state index < -0.39 is 8.32 Å². The summed E-state index contributed by atoms with van der Waals surface area (Å²) in [5.74, 6) is 0.431. The van der Waals surface area contributed by atoms with Gasteiger partial charge in [-0.25, -0.2) is 4.98 Å². The van der Waals surface area contributed by atoms with E-state index in [0.29, 0.717) is 17.1 Å². The number of nitrogens with two attached hydrogens (primary N) is 1. The number of nitrogens with zero attached hydrogens (tertiary/aromatic N) is 4. The predicted molar refractivity (Wildman–Crippen MR) is 134 cm³/mol. The Morgan fingerprint density at radius 2 is 1.97 bits per heavy atom. The number of nitrogens with one attached hydrogen (secondary N) is 1. The van der Waals surface area contributed by atoms with E-state index in [9.17, 15) is 4.79 Å². The number of aromatic nitrogens is 4. The van der Waals surface area contributed by atoms with Crippen molar-refractivity contribution in [2.45, 2.75) is 90.8 Å². The zero-order valence-corrected chi connectivity index (χ0v) is 22.5. The summed E-state index contributed by atoms with van der Waals surface area (Å²) >= 11 is 0. The van der Waals surface area contributed by atoms with Crippen LogP contribution < -0.4 is 11.1 Å². The molecule has 9 nitrogen and oxygen atoms in total. The zero-order valence-electron chi connectivity index (χ0n) is 21.5. The van der Waals surface area contributed by atoms with Gasteiger partial charge in [-0.2, -0.15) is 9.97 Å². The van der Waals surface area contributed by atoms with Gasteiger partial charge in [-0.05, 0) is 30.5 Å². The fourth-order valence-corrected chi connectivity index (χ4v) is 5.54. The van der Waals surface area contributed by atoms with Crippen LogP contribution in [-0.2, 0) is 14.0 Å². The number of imidazole rings is 1. The normalized spacial score (nSPS) is 24.1. The highest BCUT2D eigenvalue weighted by Crippen LogP contribution is 2.46. The lowest BCUT2D eigenvalue weighted by atomic mass is 10.0. The maximum atomic E-state index is 12.2. The minimum Gasteiger partial charge on any atom is -0.409 e. The molecule has 3 N–H and O–H groups in total. The van der Waals surface area contributed by atoms with Gasteiger partial charge in [-0.3, -0.25) is 10.1 Å². The first-order chi connectivity index (χ1) is 15.3. The summed E-state index contributed by atoms with van der Waals surface area (Å²) in [6, 6.07) is -0.0121. The summed E-state index contributed by atoms with van der Waals surface area (Å²) in [7, 11) is -0.309. The van der Waals surface area contributed by atoms with Gasteiger partial charge in [-0.15, -0.1) is 0 Å². The van der Waals surface area contributed by atoms with Crippen molar-refractivity contribution in [1.29, 1.82) is 0 Å². The Hall–Kier alpha value is -2.04. The molecule has 0 aliphatic heterocycles. The van der Waals surface area contributed by atoms with Crippen molar-refractivity contribution in [2.75, 3.05) is 18.2 Å². The molecular weight excluding hydrogens is 436 g/mol. The van der Waals surface area contributed by atoms with Crippen LogP contribution in [0.3, 0.4) is 0 Å². The summed E-state index contributed by atoms with van der Waals surface area (Å²) in [6.07, 6.45) is 3.48. The Labute approximate surface area is 198 Å². The first kappa shape index (κ1) is 25.6. The Bertz CT molecular complexity index is 1000. The smallest absolute Gasteiger partial charge is 0.233 e. The van der Waals surface area contributed by atoms with Crippen LogP contribution in [0.2, 0.25) is 18.1 Å². The SMILES string of the molecule is CC[C@H]1C[C@@H](n2cnc3c(N)nc(NC(=O)C(C)C)nc32)[C@H](O[Si](C)(C)C(C)(C)C)[C@@H]1OC. The van der Waals surface area contributed by atoms with Gasteiger partial charge in [0.15, 0.2) is 19.8 Å². The van der Waals surface area contributed by atoms with Crippen molar-refractivity contribution in [3.8, 4) is 0 Å². The van der Waals surface area contributed by atoms with Crippen LogP contribution >= 0.6 is 0 Å². The average molecular weight is 477 g/mol. The molecule has 4 atom stereocenters. The van der Waals surface area contributed by atoms with E-state index >= 15 is 0 Å². The van der Waals surface area contributed by atoms with Crippen LogP contribution in [0, 0.1) is 11.8 Å². The predicted octanol–water partition coefficient (Wildman–Crippen LogP) is 4.38. The lowest BCUT2D eigenvalue weighted by Gasteiger charge is -2.41. The molecule has 0 spiro atoms. The number of fused-ring (bicyclic) bond motifs is 1. The Balaban J connectivity index is 2.07. The van der Waals surface area contributed by atoms with E-state index in [0.717, 1.165) is 12.8 Å². The van der Waals surface area contributed by atoms with Crippen LogP contribution in [0.5, 0.6) is 0 Å². The van der Waals surface area contributed by atoms with E-state index in [4.69, 9.17) is 14.9 Å². The van der Waals surface area contributed by atoms with Crippen molar-refractivity contribution in [1.82, 2.24) is 19.5 Å². The third kappa shape index (κ3) is 4.92. The van der Waals surface area contributed by atoms with Crippen molar-refractivity contribution < 1.29 is 14.0 Å². The number of ether oxygens (including phenoxy) is 1. The molecule has 10 heteroatoms. The van der Waals surface area contributed by atoms with Gasteiger partial charge in [0.25, 0.3) is 0 Å². The van der Waals surface area contributed by atoms with Crippen molar-refractivity contribution in [2.24, 2.45) is 11.8 Å². The lowest BCUT2D eigenvalue weighted by Crippen LogP contribution is -2.48. The van der Waals surface area contributed by atoms with Crippen LogP contribution in [0.4, 0.5) is 11.8 Å². The fourth-order valence-electron chi connectivity index (χ4n) is 4.22. The number of anilines is 2. The molecule has 1 saturated carbocycles. The second-order valence-electron chi connectivity index (χ2n) is 10.9. The third-order valence-corrected chi connectivity index (χ3v) is 11.8. The van der Waals surface area contributed by atoms with E-state index in [-0.39, 0.29) is 46.9 Å². The fraction of sp³-hybridized carbons (Fsp3) is 0.739. The van der Waals surface area contributed by atoms with Crippen LogP contribution in [0.1, 0.15) is 60.4 Å². The molecule has 3 rings (SSSR count). The minimum atomic E-state index is -2.08. The topological polar surface area (TPSA) is 117 Å². The molecule has 2 heterocycles. The maximum Gasteiger partial charge on any atom is 0.233 e. The quantitative estimate of drug-likeness (QED) is 0.569. The standard InChI is InChI=1S/C23H40N6O3Si/c1-10-14-11-15(18(17(14)31-7)32-33(8,9)23(4,5)6)29-12-25-16-19(24)26-22(27-20(16)29)28-21(30)13(2)3/h12-15,17-18H,10-11H2,1-9H3,(H3,24,26,27,28,30)/t14-,15+,17+,18-/m0/s1.